The summed E-state index contributed by atoms with van der Waals surface area (Å²) < 4.78 is 4.47. The van der Waals surface area contributed by atoms with E-state index in [0.717, 1.165) is 5.69 Å². The van der Waals surface area contributed by atoms with Gasteiger partial charge < -0.3 is 15.8 Å². The quantitative estimate of drug-likeness (QED) is 0.744. The van der Waals surface area contributed by atoms with Crippen LogP contribution in [0.5, 0.6) is 0 Å². The highest BCUT2D eigenvalue weighted by molar-refractivity contribution is 5.91. The molecule has 1 aromatic carbocycles. The number of carbonyl (C=O) groups excluding carboxylic acids is 2. The topological polar surface area (TPSA) is 81.4 Å². The third-order valence-corrected chi connectivity index (χ3v) is 2.24. The number of anilines is 1. The Kier molecular flexibility index (Phi) is 5.16. The lowest BCUT2D eigenvalue weighted by atomic mass is 10.1. The zero-order valence-electron chi connectivity index (χ0n) is 9.68. The van der Waals surface area contributed by atoms with Crippen LogP contribution in [0, 0.1) is 0 Å². The van der Waals surface area contributed by atoms with Crippen molar-refractivity contribution in [3.63, 3.8) is 0 Å². The molecule has 0 saturated carbocycles. The highest BCUT2D eigenvalue weighted by atomic mass is 16.5. The molecule has 0 radical (unpaired) electrons. The summed E-state index contributed by atoms with van der Waals surface area (Å²) in [6, 6.07) is 8.35. The van der Waals surface area contributed by atoms with Gasteiger partial charge in [-0.15, -0.1) is 0 Å². The third kappa shape index (κ3) is 4.65. The Balaban J connectivity index is 2.33. The molecule has 0 saturated heterocycles. The Bertz CT molecular complexity index is 379. The van der Waals surface area contributed by atoms with Crippen molar-refractivity contribution < 1.29 is 14.3 Å². The molecule has 1 aromatic rings. The minimum absolute atomic E-state index is 0.171. The van der Waals surface area contributed by atoms with E-state index in [4.69, 9.17) is 5.73 Å². The summed E-state index contributed by atoms with van der Waals surface area (Å²) in [5.41, 5.74) is 6.24. The van der Waals surface area contributed by atoms with Crippen molar-refractivity contribution in [3.05, 3.63) is 30.3 Å². The van der Waals surface area contributed by atoms with Gasteiger partial charge in [0, 0.05) is 12.1 Å². The first-order valence-corrected chi connectivity index (χ1v) is 5.32. The number of carbonyl (C=O) groups is 2. The molecule has 0 fully saturated rings. The summed E-state index contributed by atoms with van der Waals surface area (Å²) in [5, 5.41) is 2.71. The molecule has 1 atom stereocenters. The molecule has 0 aliphatic rings. The molecule has 1 rings (SSSR count). The zero-order valence-corrected chi connectivity index (χ0v) is 9.68. The van der Waals surface area contributed by atoms with E-state index in [1.807, 2.05) is 18.2 Å². The van der Waals surface area contributed by atoms with Gasteiger partial charge in [0.15, 0.2) is 0 Å². The van der Waals surface area contributed by atoms with E-state index in [1.54, 1.807) is 12.1 Å². The van der Waals surface area contributed by atoms with Crippen LogP contribution in [0.4, 0.5) is 5.69 Å². The Morgan fingerprint density at radius 3 is 2.59 bits per heavy atom. The molecule has 0 heterocycles. The number of para-hydroxylation sites is 1. The first-order valence-electron chi connectivity index (χ1n) is 5.32. The fraction of sp³-hybridized carbons (Fsp3) is 0.333. The maximum atomic E-state index is 11.5. The third-order valence-electron chi connectivity index (χ3n) is 2.24. The lowest BCUT2D eigenvalue weighted by Crippen LogP contribution is -2.32. The van der Waals surface area contributed by atoms with Crippen LogP contribution in [-0.2, 0) is 14.3 Å². The maximum absolute atomic E-state index is 11.5. The summed E-state index contributed by atoms with van der Waals surface area (Å²) in [4.78, 5) is 22.5. The Morgan fingerprint density at radius 2 is 2.00 bits per heavy atom. The van der Waals surface area contributed by atoms with Crippen LogP contribution in [0.3, 0.4) is 0 Å². The van der Waals surface area contributed by atoms with Gasteiger partial charge in [-0.25, -0.2) is 0 Å². The van der Waals surface area contributed by atoms with Gasteiger partial charge in [0.2, 0.25) is 5.91 Å². The summed E-state index contributed by atoms with van der Waals surface area (Å²) in [7, 11) is 1.27. The molecule has 1 amide bonds. The van der Waals surface area contributed by atoms with Crippen LogP contribution in [0.15, 0.2) is 30.3 Å². The van der Waals surface area contributed by atoms with E-state index >= 15 is 0 Å². The van der Waals surface area contributed by atoms with Crippen LogP contribution in [-0.4, -0.2) is 25.0 Å². The average molecular weight is 236 g/mol. The SMILES string of the molecule is COC(=O)[C@@H](N)CCC(=O)Nc1ccccc1. The van der Waals surface area contributed by atoms with Gasteiger partial charge >= 0.3 is 5.97 Å². The highest BCUT2D eigenvalue weighted by Gasteiger charge is 2.15. The fourth-order valence-electron chi connectivity index (χ4n) is 1.30. The van der Waals surface area contributed by atoms with Crippen molar-refractivity contribution in [2.75, 3.05) is 12.4 Å². The first kappa shape index (κ1) is 13.2. The number of hydrogen-bond acceptors (Lipinski definition) is 4. The number of nitrogens with two attached hydrogens (primary N) is 1. The lowest BCUT2D eigenvalue weighted by Gasteiger charge is -2.09. The van der Waals surface area contributed by atoms with Gasteiger partial charge in [-0.1, -0.05) is 18.2 Å². The van der Waals surface area contributed by atoms with Gasteiger partial charge in [0.1, 0.15) is 6.04 Å². The second-order valence-corrected chi connectivity index (χ2v) is 3.58. The van der Waals surface area contributed by atoms with Crippen LogP contribution in [0.25, 0.3) is 0 Å². The van der Waals surface area contributed by atoms with Gasteiger partial charge in [0.05, 0.1) is 7.11 Å². The van der Waals surface area contributed by atoms with Crippen molar-refractivity contribution in [1.29, 1.82) is 0 Å². The Morgan fingerprint density at radius 1 is 1.35 bits per heavy atom. The van der Waals surface area contributed by atoms with E-state index in [-0.39, 0.29) is 18.7 Å². The second kappa shape index (κ2) is 6.65. The zero-order chi connectivity index (χ0) is 12.7. The number of nitrogens with one attached hydrogen (secondary N) is 1. The first-order chi connectivity index (χ1) is 8.13. The fourth-order valence-corrected chi connectivity index (χ4v) is 1.30. The highest BCUT2D eigenvalue weighted by Crippen LogP contribution is 2.06. The van der Waals surface area contributed by atoms with Gasteiger partial charge in [0.25, 0.3) is 0 Å². The average Bonchev–Trinajstić information content (AvgIpc) is 2.36. The van der Waals surface area contributed by atoms with E-state index in [1.165, 1.54) is 7.11 Å². The second-order valence-electron chi connectivity index (χ2n) is 3.58. The van der Waals surface area contributed by atoms with Crippen molar-refractivity contribution in [1.82, 2.24) is 0 Å². The van der Waals surface area contributed by atoms with Gasteiger partial charge in [-0.05, 0) is 18.6 Å². The molecule has 0 unspecified atom stereocenters. The summed E-state index contributed by atoms with van der Waals surface area (Å²) in [6.07, 6.45) is 0.455. The van der Waals surface area contributed by atoms with Crippen LogP contribution in [0.1, 0.15) is 12.8 Å². The van der Waals surface area contributed by atoms with Crippen molar-refractivity contribution in [2.45, 2.75) is 18.9 Å². The molecule has 17 heavy (non-hydrogen) atoms. The normalized spacial score (nSPS) is 11.6. The van der Waals surface area contributed by atoms with E-state index in [0.29, 0.717) is 0 Å². The molecule has 92 valence electrons. The molecular formula is C12H16N2O3. The predicted octanol–water partition coefficient (Wildman–Crippen LogP) is 0.906. The number of benzene rings is 1. The smallest absolute Gasteiger partial charge is 0.322 e. The monoisotopic (exact) mass is 236 g/mol. The standard InChI is InChI=1S/C12H16N2O3/c1-17-12(16)10(13)7-8-11(15)14-9-5-3-2-4-6-9/h2-6,10H,7-8,13H2,1H3,(H,14,15)/t10-/m0/s1. The van der Waals surface area contributed by atoms with E-state index < -0.39 is 12.0 Å². The minimum Gasteiger partial charge on any atom is -0.468 e. The summed E-state index contributed by atoms with van der Waals surface area (Å²) in [5.74, 6) is -0.673. The summed E-state index contributed by atoms with van der Waals surface area (Å²) in [6.45, 7) is 0. The van der Waals surface area contributed by atoms with Crippen LogP contribution in [0.2, 0.25) is 0 Å². The van der Waals surface area contributed by atoms with Crippen molar-refractivity contribution in [2.24, 2.45) is 5.73 Å². The van der Waals surface area contributed by atoms with Crippen molar-refractivity contribution in [3.8, 4) is 0 Å². The Hall–Kier alpha value is -1.88. The number of rotatable bonds is 5. The molecule has 0 aliphatic heterocycles. The van der Waals surface area contributed by atoms with Gasteiger partial charge in [-0.2, -0.15) is 0 Å². The maximum Gasteiger partial charge on any atom is 0.322 e. The molecule has 0 bridgehead atoms. The van der Waals surface area contributed by atoms with Crippen molar-refractivity contribution >= 4 is 17.6 Å². The molecule has 3 N–H and O–H groups in total. The van der Waals surface area contributed by atoms with Crippen LogP contribution >= 0.6 is 0 Å². The molecular weight excluding hydrogens is 220 g/mol. The van der Waals surface area contributed by atoms with E-state index in [9.17, 15) is 9.59 Å². The number of esters is 1. The predicted molar refractivity (Wildman–Crippen MR) is 64.3 cm³/mol. The van der Waals surface area contributed by atoms with Gasteiger partial charge in [-0.3, -0.25) is 9.59 Å². The molecule has 5 heteroatoms. The lowest BCUT2D eigenvalue weighted by molar-refractivity contribution is -0.142. The number of methoxy groups -OCH3 is 1. The molecule has 5 nitrogen and oxygen atoms in total. The minimum atomic E-state index is -0.749. The number of hydrogen-bond donors (Lipinski definition) is 2. The molecule has 0 spiro atoms. The molecule has 0 aliphatic carbocycles. The largest absolute Gasteiger partial charge is 0.468 e. The Labute approximate surface area is 99.9 Å². The summed E-state index contributed by atoms with van der Waals surface area (Å²) >= 11 is 0. The van der Waals surface area contributed by atoms with Crippen LogP contribution < -0.4 is 11.1 Å². The number of amides is 1. The molecule has 0 aromatic heterocycles. The van der Waals surface area contributed by atoms with E-state index in [2.05, 4.69) is 10.1 Å². The number of ether oxygens (including phenoxy) is 1.